The summed E-state index contributed by atoms with van der Waals surface area (Å²) >= 11 is 0. The average Bonchev–Trinajstić information content (AvgIpc) is 3.60. The van der Waals surface area contributed by atoms with Gasteiger partial charge in [-0.05, 0) is 41.6 Å². The highest BCUT2D eigenvalue weighted by atomic mass is 16.3. The molecule has 4 aromatic rings. The normalized spacial score (nSPS) is 14.0. The molecule has 0 unspecified atom stereocenters. The highest BCUT2D eigenvalue weighted by Gasteiger charge is 2.29. The van der Waals surface area contributed by atoms with Gasteiger partial charge >= 0.3 is 0 Å². The molecule has 1 aliphatic rings. The fourth-order valence-electron chi connectivity index (χ4n) is 3.81. The van der Waals surface area contributed by atoms with Crippen molar-refractivity contribution in [1.82, 2.24) is 39.8 Å². The Morgan fingerprint density at radius 3 is 2.42 bits per heavy atom. The Bertz CT molecular complexity index is 1250. The maximum Gasteiger partial charge on any atom is 0.257 e. The molecule has 1 aromatic carbocycles. The Kier molecular flexibility index (Phi) is 5.43. The van der Waals surface area contributed by atoms with Crippen LogP contribution in [-0.2, 0) is 11.3 Å². The minimum atomic E-state index is -0.145. The first kappa shape index (κ1) is 20.6. The van der Waals surface area contributed by atoms with Gasteiger partial charge in [0, 0.05) is 32.4 Å². The molecule has 168 valence electrons. The summed E-state index contributed by atoms with van der Waals surface area (Å²) in [5, 5.41) is 15.5. The summed E-state index contributed by atoms with van der Waals surface area (Å²) in [6.07, 6.45) is 3.14. The van der Waals surface area contributed by atoms with E-state index in [4.69, 9.17) is 4.42 Å². The quantitative estimate of drug-likeness (QED) is 0.455. The van der Waals surface area contributed by atoms with Crippen molar-refractivity contribution in [2.45, 2.75) is 13.5 Å². The van der Waals surface area contributed by atoms with Gasteiger partial charge in [-0.2, -0.15) is 5.10 Å². The molecule has 3 aromatic heterocycles. The molecule has 0 bridgehead atoms. The fraction of sp³-hybridized carbons (Fsp3) is 0.273. The summed E-state index contributed by atoms with van der Waals surface area (Å²) in [6, 6.07) is 13.3. The summed E-state index contributed by atoms with van der Waals surface area (Å²) < 4.78 is 8.85. The van der Waals surface area contributed by atoms with Crippen molar-refractivity contribution in [3.05, 3.63) is 66.3 Å². The number of carbonyl (C=O) groups excluding carboxylic acids is 2. The van der Waals surface area contributed by atoms with Crippen molar-refractivity contribution >= 4 is 11.8 Å². The molecule has 1 aliphatic heterocycles. The number of hydrogen-bond acceptors (Lipinski definition) is 7. The summed E-state index contributed by atoms with van der Waals surface area (Å²) in [4.78, 5) is 29.4. The van der Waals surface area contributed by atoms with Gasteiger partial charge in [-0.3, -0.25) is 9.59 Å². The summed E-state index contributed by atoms with van der Waals surface area (Å²) in [5.74, 6) is 1.06. The number of amides is 2. The summed E-state index contributed by atoms with van der Waals surface area (Å²) in [6.45, 7) is 3.65. The number of benzene rings is 1. The highest BCUT2D eigenvalue weighted by molar-refractivity contribution is 5.99. The van der Waals surface area contributed by atoms with E-state index in [-0.39, 0.29) is 18.4 Å². The van der Waals surface area contributed by atoms with Crippen LogP contribution in [0.25, 0.3) is 17.1 Å². The van der Waals surface area contributed by atoms with E-state index in [2.05, 4.69) is 20.6 Å². The molecular formula is C22H22N8O3. The number of carbonyl (C=O) groups is 2. The molecule has 0 radical (unpaired) electrons. The third kappa shape index (κ3) is 4.25. The molecular weight excluding hydrogens is 424 g/mol. The SMILES string of the molecule is Cc1ccc(-c2nn(-c3ccccc3)cc2C(=O)N2CCN(C(=O)Cn3cnnn3)CC2)o1. The number of nitrogens with zero attached hydrogens (tertiary/aromatic N) is 8. The van der Waals surface area contributed by atoms with Crippen LogP contribution in [0.4, 0.5) is 0 Å². The average molecular weight is 446 g/mol. The van der Waals surface area contributed by atoms with Crippen LogP contribution in [-0.4, -0.2) is 77.8 Å². The van der Waals surface area contributed by atoms with Crippen LogP contribution in [0, 0.1) is 6.92 Å². The van der Waals surface area contributed by atoms with Crippen molar-refractivity contribution in [1.29, 1.82) is 0 Å². The molecule has 2 amide bonds. The molecule has 0 saturated carbocycles. The highest BCUT2D eigenvalue weighted by Crippen LogP contribution is 2.27. The first-order valence-corrected chi connectivity index (χ1v) is 10.6. The first-order valence-electron chi connectivity index (χ1n) is 10.6. The minimum Gasteiger partial charge on any atom is -0.460 e. The number of furan rings is 1. The first-order chi connectivity index (χ1) is 16.1. The number of rotatable bonds is 5. The van der Waals surface area contributed by atoms with Gasteiger partial charge in [-0.15, -0.1) is 5.10 Å². The number of tetrazole rings is 1. The largest absolute Gasteiger partial charge is 0.460 e. The maximum atomic E-state index is 13.5. The molecule has 11 heteroatoms. The number of aromatic nitrogens is 6. The number of hydrogen-bond donors (Lipinski definition) is 0. The second kappa shape index (κ2) is 8.69. The number of aryl methyl sites for hydroxylation is 1. The van der Waals surface area contributed by atoms with Crippen LogP contribution >= 0.6 is 0 Å². The molecule has 33 heavy (non-hydrogen) atoms. The van der Waals surface area contributed by atoms with E-state index in [0.717, 1.165) is 11.4 Å². The van der Waals surface area contributed by atoms with E-state index < -0.39 is 0 Å². The number of para-hydroxylation sites is 1. The van der Waals surface area contributed by atoms with E-state index in [9.17, 15) is 9.59 Å². The van der Waals surface area contributed by atoms with Crippen LogP contribution in [0.15, 0.2) is 59.4 Å². The molecule has 11 nitrogen and oxygen atoms in total. The van der Waals surface area contributed by atoms with Crippen molar-refractivity contribution in [2.24, 2.45) is 0 Å². The van der Waals surface area contributed by atoms with Crippen LogP contribution < -0.4 is 0 Å². The maximum absolute atomic E-state index is 13.5. The molecule has 0 aliphatic carbocycles. The lowest BCUT2D eigenvalue weighted by Gasteiger charge is -2.34. The zero-order valence-corrected chi connectivity index (χ0v) is 18.0. The van der Waals surface area contributed by atoms with E-state index >= 15 is 0 Å². The predicted molar refractivity (Wildman–Crippen MR) is 116 cm³/mol. The van der Waals surface area contributed by atoms with Crippen LogP contribution in [0.2, 0.25) is 0 Å². The molecule has 0 atom stereocenters. The van der Waals surface area contributed by atoms with Crippen molar-refractivity contribution < 1.29 is 14.0 Å². The van der Waals surface area contributed by atoms with E-state index in [0.29, 0.717) is 43.2 Å². The lowest BCUT2D eigenvalue weighted by molar-refractivity contribution is -0.133. The monoisotopic (exact) mass is 446 g/mol. The van der Waals surface area contributed by atoms with Gasteiger partial charge in [0.25, 0.3) is 5.91 Å². The lowest BCUT2D eigenvalue weighted by atomic mass is 10.1. The van der Waals surface area contributed by atoms with E-state index in [1.807, 2.05) is 49.4 Å². The fourth-order valence-corrected chi connectivity index (χ4v) is 3.81. The number of piperazine rings is 1. The third-order valence-electron chi connectivity index (χ3n) is 5.55. The van der Waals surface area contributed by atoms with Crippen LogP contribution in [0.5, 0.6) is 0 Å². The van der Waals surface area contributed by atoms with Crippen LogP contribution in [0.3, 0.4) is 0 Å². The molecule has 5 rings (SSSR count). The Hall–Kier alpha value is -4.28. The van der Waals surface area contributed by atoms with E-state index in [1.165, 1.54) is 11.0 Å². The second-order valence-corrected chi connectivity index (χ2v) is 7.76. The zero-order chi connectivity index (χ0) is 22.8. The Labute approximate surface area is 189 Å². The van der Waals surface area contributed by atoms with Crippen molar-refractivity contribution in [3.8, 4) is 17.1 Å². The Morgan fingerprint density at radius 1 is 1.00 bits per heavy atom. The predicted octanol–water partition coefficient (Wildman–Crippen LogP) is 1.41. The van der Waals surface area contributed by atoms with Gasteiger partial charge in [0.1, 0.15) is 24.3 Å². The second-order valence-electron chi connectivity index (χ2n) is 7.76. The summed E-state index contributed by atoms with van der Waals surface area (Å²) in [5.41, 5.74) is 1.80. The van der Waals surface area contributed by atoms with Crippen molar-refractivity contribution in [2.75, 3.05) is 26.2 Å². The smallest absolute Gasteiger partial charge is 0.257 e. The topological polar surface area (TPSA) is 115 Å². The van der Waals surface area contributed by atoms with Gasteiger partial charge in [-0.1, -0.05) is 18.2 Å². The standard InChI is InChI=1S/C22H22N8O3/c1-16-7-8-19(33-16)21-18(13-30(24-21)17-5-3-2-4-6-17)22(32)28-11-9-27(10-12-28)20(31)14-29-15-23-25-26-29/h2-8,13,15H,9-12,14H2,1H3. The third-order valence-corrected chi connectivity index (χ3v) is 5.55. The molecule has 4 heterocycles. The van der Waals surface area contributed by atoms with Gasteiger partial charge in [0.2, 0.25) is 5.91 Å². The molecule has 1 fully saturated rings. The molecule has 0 spiro atoms. The van der Waals surface area contributed by atoms with Gasteiger partial charge < -0.3 is 14.2 Å². The van der Waals surface area contributed by atoms with Gasteiger partial charge in [-0.25, -0.2) is 9.36 Å². The Balaban J connectivity index is 1.35. The van der Waals surface area contributed by atoms with Gasteiger partial charge in [0.15, 0.2) is 5.76 Å². The minimum absolute atomic E-state index is 0.0762. The van der Waals surface area contributed by atoms with Crippen LogP contribution in [0.1, 0.15) is 16.1 Å². The zero-order valence-electron chi connectivity index (χ0n) is 18.0. The molecule has 0 N–H and O–H groups in total. The molecule has 1 saturated heterocycles. The van der Waals surface area contributed by atoms with Crippen molar-refractivity contribution in [3.63, 3.8) is 0 Å². The lowest BCUT2D eigenvalue weighted by Crippen LogP contribution is -2.51. The van der Waals surface area contributed by atoms with E-state index in [1.54, 1.807) is 20.7 Å². The Morgan fingerprint density at radius 2 is 1.76 bits per heavy atom. The van der Waals surface area contributed by atoms with Gasteiger partial charge in [0.05, 0.1) is 11.3 Å². The summed E-state index contributed by atoms with van der Waals surface area (Å²) in [7, 11) is 0.